The topological polar surface area (TPSA) is 94.2 Å². The second-order valence-electron chi connectivity index (χ2n) is 8.63. The molecule has 1 atom stereocenters. The van der Waals surface area contributed by atoms with Gasteiger partial charge in [-0.15, -0.1) is 0 Å². The molecule has 0 saturated carbocycles. The number of ether oxygens (including phenoxy) is 1. The molecule has 3 rings (SSSR count). The molecule has 1 aromatic carbocycles. The first-order valence-corrected chi connectivity index (χ1v) is 11.8. The fourth-order valence-electron chi connectivity index (χ4n) is 4.25. The molecule has 0 spiro atoms. The van der Waals surface area contributed by atoms with Gasteiger partial charge in [-0.05, 0) is 45.4 Å². The lowest BCUT2D eigenvalue weighted by Gasteiger charge is -2.40. The Morgan fingerprint density at radius 2 is 1.91 bits per heavy atom. The maximum absolute atomic E-state index is 14.0. The molecule has 186 valence electrons. The highest BCUT2D eigenvalue weighted by atomic mass is 19.1. The number of nitrogens with one attached hydrogen (secondary N) is 2. The number of esters is 1. The van der Waals surface area contributed by atoms with Gasteiger partial charge in [-0.25, -0.2) is 18.8 Å². The highest BCUT2D eigenvalue weighted by Crippen LogP contribution is 2.32. The van der Waals surface area contributed by atoms with Crippen LogP contribution in [0.25, 0.3) is 0 Å². The Labute approximate surface area is 199 Å². The molecule has 0 aromatic heterocycles. The first-order chi connectivity index (χ1) is 16.2. The number of rotatable bonds is 7. The van der Waals surface area contributed by atoms with Crippen LogP contribution in [0, 0.1) is 5.82 Å². The summed E-state index contributed by atoms with van der Waals surface area (Å²) in [6.45, 7) is 10.5. The lowest BCUT2D eigenvalue weighted by Crippen LogP contribution is -2.55. The quantitative estimate of drug-likeness (QED) is 0.591. The summed E-state index contributed by atoms with van der Waals surface area (Å²) in [5.41, 5.74) is 1.31. The molecule has 0 radical (unpaired) electrons. The Morgan fingerprint density at radius 3 is 2.50 bits per heavy atom. The lowest BCUT2D eigenvalue weighted by atomic mass is 9.94. The Kier molecular flexibility index (Phi) is 8.49. The Morgan fingerprint density at radius 1 is 1.21 bits per heavy atom. The number of amides is 4. The van der Waals surface area contributed by atoms with E-state index in [-0.39, 0.29) is 24.7 Å². The zero-order chi connectivity index (χ0) is 24.8. The summed E-state index contributed by atoms with van der Waals surface area (Å²) in [6.07, 6.45) is 0. The Hall–Kier alpha value is -3.14. The third kappa shape index (κ3) is 5.85. The van der Waals surface area contributed by atoms with Crippen molar-refractivity contribution in [3.63, 3.8) is 0 Å². The van der Waals surface area contributed by atoms with Crippen LogP contribution in [0.3, 0.4) is 0 Å². The number of hydrogen-bond acceptors (Lipinski definition) is 5. The van der Waals surface area contributed by atoms with Crippen molar-refractivity contribution in [3.05, 3.63) is 46.9 Å². The van der Waals surface area contributed by atoms with Crippen LogP contribution in [0.1, 0.15) is 39.3 Å². The summed E-state index contributed by atoms with van der Waals surface area (Å²) in [4.78, 5) is 43.8. The summed E-state index contributed by atoms with van der Waals surface area (Å²) in [5, 5.41) is 5.74. The van der Waals surface area contributed by atoms with Gasteiger partial charge < -0.3 is 20.3 Å². The molecule has 2 aliphatic heterocycles. The van der Waals surface area contributed by atoms with E-state index in [1.807, 2.05) is 20.8 Å². The molecule has 9 nitrogen and oxygen atoms in total. The number of nitrogens with zero attached hydrogens (tertiary/aromatic N) is 3. The first kappa shape index (κ1) is 25.5. The van der Waals surface area contributed by atoms with Crippen molar-refractivity contribution in [3.8, 4) is 0 Å². The number of piperazine rings is 1. The summed E-state index contributed by atoms with van der Waals surface area (Å²) in [5.74, 6) is -0.995. The summed E-state index contributed by atoms with van der Waals surface area (Å²) in [6, 6.07) is 4.64. The fourth-order valence-corrected chi connectivity index (χ4v) is 4.25. The summed E-state index contributed by atoms with van der Waals surface area (Å²) >= 11 is 0. The molecule has 0 unspecified atom stereocenters. The minimum absolute atomic E-state index is 0.0569. The van der Waals surface area contributed by atoms with Gasteiger partial charge in [0.1, 0.15) is 5.82 Å². The fraction of sp³-hybridized carbons (Fsp3) is 0.542. The molecule has 10 heteroatoms. The molecular formula is C24H34FN5O4. The molecule has 0 aliphatic carbocycles. The number of halogens is 1. The van der Waals surface area contributed by atoms with Crippen LogP contribution in [0.2, 0.25) is 0 Å². The smallest absolute Gasteiger partial charge is 0.338 e. The van der Waals surface area contributed by atoms with Crippen molar-refractivity contribution >= 4 is 18.0 Å². The molecular weight excluding hydrogens is 441 g/mol. The van der Waals surface area contributed by atoms with Gasteiger partial charge in [-0.2, -0.15) is 0 Å². The number of hydrogen-bond donors (Lipinski definition) is 2. The van der Waals surface area contributed by atoms with Crippen molar-refractivity contribution in [2.24, 2.45) is 0 Å². The van der Waals surface area contributed by atoms with Gasteiger partial charge in [0.15, 0.2) is 0 Å². The maximum atomic E-state index is 14.0. The van der Waals surface area contributed by atoms with Gasteiger partial charge in [0.25, 0.3) is 0 Å². The van der Waals surface area contributed by atoms with Crippen LogP contribution >= 0.6 is 0 Å². The largest absolute Gasteiger partial charge is 0.463 e. The number of urea groups is 2. The van der Waals surface area contributed by atoms with Crippen LogP contribution in [0.15, 0.2) is 35.5 Å². The second kappa shape index (κ2) is 11.3. The third-order valence-corrected chi connectivity index (χ3v) is 5.88. The summed E-state index contributed by atoms with van der Waals surface area (Å²) < 4.78 is 19.3. The zero-order valence-corrected chi connectivity index (χ0v) is 20.3. The molecule has 4 amide bonds. The van der Waals surface area contributed by atoms with Crippen LogP contribution in [-0.4, -0.2) is 84.6 Å². The molecule has 34 heavy (non-hydrogen) atoms. The third-order valence-electron chi connectivity index (χ3n) is 5.88. The van der Waals surface area contributed by atoms with E-state index in [1.165, 1.54) is 17.0 Å². The molecule has 1 aromatic rings. The molecule has 2 N–H and O–H groups in total. The van der Waals surface area contributed by atoms with E-state index >= 15 is 0 Å². The predicted molar refractivity (Wildman–Crippen MR) is 125 cm³/mol. The van der Waals surface area contributed by atoms with E-state index in [9.17, 15) is 18.8 Å². The molecule has 2 heterocycles. The summed E-state index contributed by atoms with van der Waals surface area (Å²) in [7, 11) is 0. The minimum atomic E-state index is -0.821. The average Bonchev–Trinajstić information content (AvgIpc) is 2.79. The molecule has 2 aliphatic rings. The Balaban J connectivity index is 1.91. The van der Waals surface area contributed by atoms with E-state index in [1.54, 1.807) is 24.0 Å². The highest BCUT2D eigenvalue weighted by molar-refractivity contribution is 5.95. The monoisotopic (exact) mass is 475 g/mol. The van der Waals surface area contributed by atoms with E-state index < -0.39 is 17.8 Å². The predicted octanol–water partition coefficient (Wildman–Crippen LogP) is 2.46. The minimum Gasteiger partial charge on any atom is -0.463 e. The zero-order valence-electron chi connectivity index (χ0n) is 20.3. The average molecular weight is 476 g/mol. The van der Waals surface area contributed by atoms with E-state index in [0.29, 0.717) is 56.1 Å². The number of carbonyl (C=O) groups is 3. The van der Waals surface area contributed by atoms with Gasteiger partial charge in [-0.3, -0.25) is 9.80 Å². The standard InChI is InChI=1S/C24H34FN5O4/c1-5-30-19(15-28-10-12-29(13-11-28)23(32)26-16(3)4)20(22(31)34-6-2)21(27-24(30)33)17-8-7-9-18(25)14-17/h7-9,14,16,21H,5-6,10-13,15H2,1-4H3,(H,26,32)(H,27,33)/t21-/m1/s1. The van der Waals surface area contributed by atoms with Crippen molar-refractivity contribution < 1.29 is 23.5 Å². The molecule has 1 fully saturated rings. The normalized spacial score (nSPS) is 19.4. The van der Waals surface area contributed by atoms with Crippen LogP contribution in [0.4, 0.5) is 14.0 Å². The number of benzene rings is 1. The number of likely N-dealkylation sites (N-methyl/N-ethyl adjacent to an activating group) is 1. The Bertz CT molecular complexity index is 943. The van der Waals surface area contributed by atoms with Gasteiger partial charge in [0, 0.05) is 51.0 Å². The maximum Gasteiger partial charge on any atom is 0.338 e. The van der Waals surface area contributed by atoms with E-state index in [4.69, 9.17) is 4.74 Å². The first-order valence-electron chi connectivity index (χ1n) is 11.8. The molecule has 0 bridgehead atoms. The molecule has 1 saturated heterocycles. The van der Waals surface area contributed by atoms with Gasteiger partial charge in [0.05, 0.1) is 18.2 Å². The SMILES string of the molecule is CCOC(=O)C1=C(CN2CCN(C(=O)NC(C)C)CC2)N(CC)C(=O)N[C@@H]1c1cccc(F)c1. The van der Waals surface area contributed by atoms with Gasteiger partial charge in [0.2, 0.25) is 0 Å². The lowest BCUT2D eigenvalue weighted by molar-refractivity contribution is -0.139. The van der Waals surface area contributed by atoms with Crippen molar-refractivity contribution in [2.75, 3.05) is 45.9 Å². The van der Waals surface area contributed by atoms with Gasteiger partial charge >= 0.3 is 18.0 Å². The van der Waals surface area contributed by atoms with Crippen LogP contribution in [-0.2, 0) is 9.53 Å². The highest BCUT2D eigenvalue weighted by Gasteiger charge is 2.38. The van der Waals surface area contributed by atoms with E-state index in [2.05, 4.69) is 15.5 Å². The second-order valence-corrected chi connectivity index (χ2v) is 8.63. The van der Waals surface area contributed by atoms with Crippen molar-refractivity contribution in [1.29, 1.82) is 0 Å². The van der Waals surface area contributed by atoms with E-state index in [0.717, 1.165) is 0 Å². The van der Waals surface area contributed by atoms with Crippen LogP contribution in [0.5, 0.6) is 0 Å². The number of carbonyl (C=O) groups excluding carboxylic acids is 3. The van der Waals surface area contributed by atoms with Crippen LogP contribution < -0.4 is 10.6 Å². The van der Waals surface area contributed by atoms with Gasteiger partial charge in [-0.1, -0.05) is 12.1 Å². The van der Waals surface area contributed by atoms with Crippen molar-refractivity contribution in [1.82, 2.24) is 25.3 Å². The van der Waals surface area contributed by atoms with Crippen molar-refractivity contribution in [2.45, 2.75) is 39.8 Å².